The summed E-state index contributed by atoms with van der Waals surface area (Å²) in [7, 11) is 0. The van der Waals surface area contributed by atoms with Crippen LogP contribution in [0.5, 0.6) is 0 Å². The minimum Gasteiger partial charge on any atom is -0.394 e. The van der Waals surface area contributed by atoms with Crippen LogP contribution in [0.25, 0.3) is 0 Å². The molecule has 0 spiro atoms. The summed E-state index contributed by atoms with van der Waals surface area (Å²) in [5.74, 6) is -0.326. The molecular weight excluding hydrogens is 871 g/mol. The van der Waals surface area contributed by atoms with Gasteiger partial charge in [0.05, 0.1) is 32.0 Å². The van der Waals surface area contributed by atoms with Crippen molar-refractivity contribution in [3.8, 4) is 0 Å². The van der Waals surface area contributed by atoms with Crippen molar-refractivity contribution in [2.24, 2.45) is 0 Å². The summed E-state index contributed by atoms with van der Waals surface area (Å²) in [6.07, 6.45) is 34.9. The molecule has 14 heteroatoms. The highest BCUT2D eigenvalue weighted by Crippen LogP contribution is 2.30. The van der Waals surface area contributed by atoms with Crippen molar-refractivity contribution >= 4 is 5.91 Å². The molecule has 9 N–H and O–H groups in total. The van der Waals surface area contributed by atoms with Gasteiger partial charge in [-0.05, 0) is 57.8 Å². The van der Waals surface area contributed by atoms with E-state index < -0.39 is 86.8 Å². The summed E-state index contributed by atoms with van der Waals surface area (Å²) in [4.78, 5) is 13.1. The number of rotatable bonds is 38. The Morgan fingerprint density at radius 3 is 1.53 bits per heavy atom. The highest BCUT2D eigenvalue weighted by atomic mass is 16.7. The van der Waals surface area contributed by atoms with Gasteiger partial charge >= 0.3 is 0 Å². The van der Waals surface area contributed by atoms with E-state index in [-0.39, 0.29) is 18.9 Å². The largest absolute Gasteiger partial charge is 0.394 e. The van der Waals surface area contributed by atoms with Gasteiger partial charge in [-0.1, -0.05) is 176 Å². The van der Waals surface area contributed by atoms with E-state index >= 15 is 0 Å². The van der Waals surface area contributed by atoms with Crippen LogP contribution in [0.4, 0.5) is 0 Å². The molecule has 12 atom stereocenters. The number of carbonyl (C=O) groups excluding carboxylic acids is 1. The number of ether oxygens (including phenoxy) is 4. The topological polar surface area (TPSA) is 228 Å². The van der Waals surface area contributed by atoms with E-state index in [0.29, 0.717) is 6.42 Å². The zero-order chi connectivity index (χ0) is 49.6. The Morgan fingerprint density at radius 2 is 1.01 bits per heavy atom. The Labute approximate surface area is 408 Å². The lowest BCUT2D eigenvalue weighted by Crippen LogP contribution is -2.65. The molecule has 0 aromatic heterocycles. The molecule has 2 rings (SSSR count). The van der Waals surface area contributed by atoms with E-state index in [1.54, 1.807) is 6.08 Å². The fraction of sp³-hybridized carbons (Fsp3) is 0.722. The summed E-state index contributed by atoms with van der Waals surface area (Å²) in [5, 5.41) is 86.7. The fourth-order valence-electron chi connectivity index (χ4n) is 7.90. The third-order valence-electron chi connectivity index (χ3n) is 12.1. The van der Waals surface area contributed by atoms with Crippen molar-refractivity contribution in [1.29, 1.82) is 0 Å². The number of allylic oxidation sites excluding steroid dienone is 13. The first-order valence-corrected chi connectivity index (χ1v) is 25.8. The molecule has 68 heavy (non-hydrogen) atoms. The van der Waals surface area contributed by atoms with Crippen LogP contribution in [0, 0.1) is 0 Å². The van der Waals surface area contributed by atoms with Crippen LogP contribution in [-0.4, -0.2) is 140 Å². The molecule has 2 saturated heterocycles. The van der Waals surface area contributed by atoms with Gasteiger partial charge in [0.1, 0.15) is 48.8 Å². The molecule has 14 nitrogen and oxygen atoms in total. The van der Waals surface area contributed by atoms with Gasteiger partial charge in [0.15, 0.2) is 12.6 Å². The predicted octanol–water partition coefficient (Wildman–Crippen LogP) is 6.99. The third kappa shape index (κ3) is 26.4. The summed E-state index contributed by atoms with van der Waals surface area (Å²) in [6.45, 7) is 2.60. The molecule has 0 aliphatic carbocycles. The molecule has 2 fully saturated rings. The highest BCUT2D eigenvalue weighted by Gasteiger charge is 2.51. The second kappa shape index (κ2) is 39.8. The van der Waals surface area contributed by atoms with Crippen LogP contribution in [-0.2, 0) is 23.7 Å². The molecule has 0 radical (unpaired) electrons. The Kier molecular flexibility index (Phi) is 35.9. The van der Waals surface area contributed by atoms with Crippen LogP contribution in [0.2, 0.25) is 0 Å². The van der Waals surface area contributed by atoms with Gasteiger partial charge in [0.2, 0.25) is 5.91 Å². The minimum absolute atomic E-state index is 0.152. The smallest absolute Gasteiger partial charge is 0.220 e. The Morgan fingerprint density at radius 1 is 0.544 bits per heavy atom. The summed E-state index contributed by atoms with van der Waals surface area (Å²) in [6, 6.07) is -0.959. The van der Waals surface area contributed by atoms with Gasteiger partial charge in [-0.3, -0.25) is 4.79 Å². The third-order valence-corrected chi connectivity index (χ3v) is 12.1. The van der Waals surface area contributed by atoms with Gasteiger partial charge in [-0.25, -0.2) is 0 Å². The molecule has 12 unspecified atom stereocenters. The molecule has 0 bridgehead atoms. The molecule has 0 saturated carbocycles. The number of hydrogen-bond acceptors (Lipinski definition) is 13. The van der Waals surface area contributed by atoms with Crippen molar-refractivity contribution in [3.63, 3.8) is 0 Å². The van der Waals surface area contributed by atoms with E-state index in [9.17, 15) is 45.6 Å². The van der Waals surface area contributed by atoms with Crippen molar-refractivity contribution in [1.82, 2.24) is 5.32 Å². The number of carbonyl (C=O) groups is 1. The maximum Gasteiger partial charge on any atom is 0.220 e. The lowest BCUT2D eigenvalue weighted by Gasteiger charge is -2.46. The number of unbranched alkanes of at least 4 members (excludes halogenated alkanes) is 13. The average Bonchev–Trinajstić information content (AvgIpc) is 3.34. The Hall–Kier alpha value is -2.83. The number of amides is 1. The first kappa shape index (κ1) is 61.3. The minimum atomic E-state index is -1.80. The molecule has 0 aromatic rings. The van der Waals surface area contributed by atoms with Gasteiger partial charge in [-0.15, -0.1) is 0 Å². The van der Waals surface area contributed by atoms with Crippen molar-refractivity contribution in [2.45, 2.75) is 229 Å². The van der Waals surface area contributed by atoms with Crippen LogP contribution >= 0.6 is 0 Å². The van der Waals surface area contributed by atoms with E-state index in [4.69, 9.17) is 18.9 Å². The van der Waals surface area contributed by atoms with Crippen LogP contribution in [0.1, 0.15) is 155 Å². The van der Waals surface area contributed by atoms with Crippen LogP contribution < -0.4 is 5.32 Å². The maximum absolute atomic E-state index is 13.1. The van der Waals surface area contributed by atoms with Crippen molar-refractivity contribution in [3.05, 3.63) is 85.1 Å². The number of nitrogens with one attached hydrogen (secondary N) is 1. The maximum atomic E-state index is 13.1. The zero-order valence-electron chi connectivity index (χ0n) is 41.3. The molecule has 2 aliphatic heterocycles. The van der Waals surface area contributed by atoms with Crippen molar-refractivity contribution < 1.29 is 64.6 Å². The first-order chi connectivity index (χ1) is 33.1. The number of aliphatic hydroxyl groups is 8. The van der Waals surface area contributed by atoms with E-state index in [0.717, 1.165) is 64.2 Å². The molecule has 2 aliphatic rings. The second-order valence-corrected chi connectivity index (χ2v) is 17.9. The predicted molar refractivity (Wildman–Crippen MR) is 267 cm³/mol. The van der Waals surface area contributed by atoms with Crippen LogP contribution in [0.3, 0.4) is 0 Å². The molecule has 1 amide bonds. The normalized spacial score (nSPS) is 27.1. The van der Waals surface area contributed by atoms with E-state index in [1.165, 1.54) is 64.2 Å². The average molecular weight is 962 g/mol. The number of hydrogen-bond donors (Lipinski definition) is 9. The zero-order valence-corrected chi connectivity index (χ0v) is 41.3. The van der Waals surface area contributed by atoms with Gasteiger partial charge in [0, 0.05) is 6.42 Å². The molecule has 0 aromatic carbocycles. The molecule has 2 heterocycles. The van der Waals surface area contributed by atoms with Gasteiger partial charge < -0.3 is 65.1 Å². The number of aliphatic hydroxyl groups excluding tert-OH is 8. The van der Waals surface area contributed by atoms with Crippen LogP contribution in [0.15, 0.2) is 85.1 Å². The second-order valence-electron chi connectivity index (χ2n) is 17.9. The quantitative estimate of drug-likeness (QED) is 0.0225. The highest BCUT2D eigenvalue weighted by molar-refractivity contribution is 5.76. The fourth-order valence-corrected chi connectivity index (χ4v) is 7.90. The summed E-state index contributed by atoms with van der Waals surface area (Å²) in [5.41, 5.74) is 0. The lowest BCUT2D eigenvalue weighted by atomic mass is 9.97. The van der Waals surface area contributed by atoms with Crippen molar-refractivity contribution in [2.75, 3.05) is 19.8 Å². The van der Waals surface area contributed by atoms with E-state index in [2.05, 4.69) is 79.9 Å². The SMILES string of the molecule is CC/C=C\C/C=C\C/C=C\C/C=C\C/C=C\C/C=C\CCC(=O)NC(COC1OC(CO)C(OC2OC(CO)C(O)C(O)C2O)C(O)C1O)C(O)/C=C/CCCCCCCCCCCCCCC. The summed E-state index contributed by atoms with van der Waals surface area (Å²) < 4.78 is 22.6. The molecular formula is C54H91NO13. The monoisotopic (exact) mass is 962 g/mol. The van der Waals surface area contributed by atoms with E-state index in [1.807, 2.05) is 18.2 Å². The Bertz CT molecular complexity index is 1460. The molecule has 390 valence electrons. The summed E-state index contributed by atoms with van der Waals surface area (Å²) >= 11 is 0. The van der Waals surface area contributed by atoms with Gasteiger partial charge in [-0.2, -0.15) is 0 Å². The first-order valence-electron chi connectivity index (χ1n) is 25.8. The van der Waals surface area contributed by atoms with Gasteiger partial charge in [0.25, 0.3) is 0 Å². The Balaban J connectivity index is 1.89. The standard InChI is InChI=1S/C54H91NO13/c1-3-5-7-9-11-13-15-17-19-20-21-22-24-26-28-30-32-34-36-38-46(59)55-42(43(58)37-35-33-31-29-27-25-23-18-16-14-12-10-8-6-4-2)41-65-53-51(64)49(62)52(45(40-57)67-53)68-54-50(63)48(61)47(60)44(39-56)66-54/h5,7,11,13,17,19,21-22,26,28,32,34-35,37,42-45,47-54,56-58,60-64H,3-4,6,8-10,12,14-16,18,20,23-25,27,29-31,33,36,38-41H2,1-2H3,(H,55,59)/b7-5-,13-11-,19-17-,22-21-,28-26-,34-32-,37-35+. The lowest BCUT2D eigenvalue weighted by molar-refractivity contribution is -0.359.